The Labute approximate surface area is 109 Å². The Hall–Kier alpha value is -1.97. The van der Waals surface area contributed by atoms with E-state index in [2.05, 4.69) is 4.74 Å². The van der Waals surface area contributed by atoms with Gasteiger partial charge in [-0.15, -0.1) is 0 Å². The Morgan fingerprint density at radius 2 is 2.21 bits per heavy atom. The van der Waals surface area contributed by atoms with Crippen LogP contribution in [0, 0.1) is 17.1 Å². The van der Waals surface area contributed by atoms with Crippen LogP contribution in [0.1, 0.15) is 24.2 Å². The lowest BCUT2D eigenvalue weighted by Gasteiger charge is -2.17. The third-order valence-corrected chi connectivity index (χ3v) is 2.49. The van der Waals surface area contributed by atoms with E-state index >= 15 is 0 Å². The zero-order chi connectivity index (χ0) is 14.4. The fourth-order valence-electron chi connectivity index (χ4n) is 1.55. The van der Waals surface area contributed by atoms with Crippen LogP contribution in [0.2, 0.25) is 0 Å². The summed E-state index contributed by atoms with van der Waals surface area (Å²) in [5.74, 6) is -1.79. The van der Waals surface area contributed by atoms with Crippen molar-refractivity contribution in [2.45, 2.75) is 25.6 Å². The predicted octanol–water partition coefficient (Wildman–Crippen LogP) is 0.849. The highest BCUT2D eigenvalue weighted by Crippen LogP contribution is 2.22. The molecule has 5 nitrogen and oxygen atoms in total. The molecule has 2 atom stereocenters. The van der Waals surface area contributed by atoms with Gasteiger partial charge in [0.2, 0.25) is 0 Å². The second kappa shape index (κ2) is 6.83. The number of nitrogens with zero attached hydrogens (tertiary/aromatic N) is 1. The summed E-state index contributed by atoms with van der Waals surface area (Å²) in [5.41, 5.74) is 0.238. The molecule has 0 aromatic heterocycles. The average Bonchev–Trinajstić information content (AvgIpc) is 2.40. The van der Waals surface area contributed by atoms with E-state index in [1.807, 2.05) is 6.07 Å². The molecule has 2 N–H and O–H groups in total. The van der Waals surface area contributed by atoms with Crippen molar-refractivity contribution in [3.8, 4) is 6.07 Å². The molecule has 0 radical (unpaired) electrons. The lowest BCUT2D eigenvalue weighted by atomic mass is 10.0. The first-order valence-corrected chi connectivity index (χ1v) is 5.69. The van der Waals surface area contributed by atoms with Gasteiger partial charge in [0, 0.05) is 5.56 Å². The van der Waals surface area contributed by atoms with E-state index in [0.717, 1.165) is 6.07 Å². The molecule has 0 amide bonds. The first kappa shape index (κ1) is 15.1. The normalized spacial score (nSPS) is 13.4. The molecule has 1 aromatic carbocycles. The van der Waals surface area contributed by atoms with Crippen LogP contribution in [0.25, 0.3) is 0 Å². The molecule has 1 rings (SSSR count). The molecule has 0 saturated carbocycles. The fraction of sp³-hybridized carbons (Fsp3) is 0.385. The van der Waals surface area contributed by atoms with E-state index in [-0.39, 0.29) is 18.6 Å². The van der Waals surface area contributed by atoms with Crippen LogP contribution >= 0.6 is 0 Å². The number of halogens is 1. The Balaban J connectivity index is 2.98. The molecule has 0 spiro atoms. The van der Waals surface area contributed by atoms with Crippen LogP contribution in [-0.4, -0.2) is 28.9 Å². The van der Waals surface area contributed by atoms with E-state index in [1.165, 1.54) is 12.1 Å². The van der Waals surface area contributed by atoms with Crippen molar-refractivity contribution in [2.75, 3.05) is 6.61 Å². The van der Waals surface area contributed by atoms with Gasteiger partial charge in [0.25, 0.3) is 0 Å². The van der Waals surface area contributed by atoms with Crippen molar-refractivity contribution < 1.29 is 24.1 Å². The van der Waals surface area contributed by atoms with E-state index < -0.39 is 24.0 Å². The molecule has 2 unspecified atom stereocenters. The highest BCUT2D eigenvalue weighted by atomic mass is 19.1. The Bertz CT molecular complexity index is 498. The van der Waals surface area contributed by atoms with E-state index in [1.54, 1.807) is 6.92 Å². The fourth-order valence-corrected chi connectivity index (χ4v) is 1.55. The molecule has 0 bridgehead atoms. The summed E-state index contributed by atoms with van der Waals surface area (Å²) in [4.78, 5) is 11.3. The Morgan fingerprint density at radius 3 is 2.79 bits per heavy atom. The van der Waals surface area contributed by atoms with Gasteiger partial charge in [0.1, 0.15) is 11.9 Å². The van der Waals surface area contributed by atoms with Crippen LogP contribution in [0.3, 0.4) is 0 Å². The van der Waals surface area contributed by atoms with Gasteiger partial charge in [-0.2, -0.15) is 5.26 Å². The number of esters is 1. The van der Waals surface area contributed by atoms with Gasteiger partial charge in [0.05, 0.1) is 19.1 Å². The lowest BCUT2D eigenvalue weighted by Crippen LogP contribution is -2.30. The third-order valence-electron chi connectivity index (χ3n) is 2.49. The number of aliphatic hydroxyl groups excluding tert-OH is 2. The largest absolute Gasteiger partial charge is 0.464 e. The minimum absolute atomic E-state index is 0.0372. The predicted molar refractivity (Wildman–Crippen MR) is 63.3 cm³/mol. The third kappa shape index (κ3) is 3.74. The van der Waals surface area contributed by atoms with Gasteiger partial charge < -0.3 is 14.9 Å². The first-order valence-electron chi connectivity index (χ1n) is 5.69. The zero-order valence-corrected chi connectivity index (χ0v) is 10.3. The first-order chi connectivity index (χ1) is 9.01. The number of nitriles is 1. The number of hydrogen-bond acceptors (Lipinski definition) is 5. The van der Waals surface area contributed by atoms with Crippen LogP contribution < -0.4 is 0 Å². The topological polar surface area (TPSA) is 90.6 Å². The molecule has 0 aliphatic heterocycles. The highest BCUT2D eigenvalue weighted by molar-refractivity contribution is 5.75. The zero-order valence-electron chi connectivity index (χ0n) is 10.3. The van der Waals surface area contributed by atoms with E-state index in [0.29, 0.717) is 5.56 Å². The molecular formula is C13H14FNO4. The summed E-state index contributed by atoms with van der Waals surface area (Å²) < 4.78 is 18.1. The number of ether oxygens (including phenoxy) is 1. The summed E-state index contributed by atoms with van der Waals surface area (Å²) in [6.07, 6.45) is -3.57. The van der Waals surface area contributed by atoms with Crippen molar-refractivity contribution in [1.29, 1.82) is 5.26 Å². The number of rotatable bonds is 5. The average molecular weight is 267 g/mol. The number of carbonyl (C=O) groups is 1. The number of benzene rings is 1. The van der Waals surface area contributed by atoms with Crippen LogP contribution in [-0.2, 0) is 16.0 Å². The van der Waals surface area contributed by atoms with Crippen LogP contribution in [0.5, 0.6) is 0 Å². The maximum atomic E-state index is 13.6. The molecular weight excluding hydrogens is 253 g/mol. The summed E-state index contributed by atoms with van der Waals surface area (Å²) in [7, 11) is 0. The van der Waals surface area contributed by atoms with Gasteiger partial charge >= 0.3 is 5.97 Å². The lowest BCUT2D eigenvalue weighted by molar-refractivity contribution is -0.159. The number of carbonyl (C=O) groups excluding carboxylic acids is 1. The van der Waals surface area contributed by atoms with Crippen molar-refractivity contribution in [3.05, 3.63) is 35.1 Å². The maximum Gasteiger partial charge on any atom is 0.338 e. The molecule has 1 aromatic rings. The molecule has 102 valence electrons. The molecule has 6 heteroatoms. The molecule has 0 saturated heterocycles. The van der Waals surface area contributed by atoms with Crippen LogP contribution in [0.4, 0.5) is 4.39 Å². The SMILES string of the molecule is CCOC(=O)C(O)C(O)c1cc(CC#N)ccc1F. The Kier molecular flexibility index (Phi) is 5.42. The smallest absolute Gasteiger partial charge is 0.338 e. The van der Waals surface area contributed by atoms with E-state index in [4.69, 9.17) is 5.26 Å². The number of aliphatic hydroxyl groups is 2. The molecule has 19 heavy (non-hydrogen) atoms. The highest BCUT2D eigenvalue weighted by Gasteiger charge is 2.29. The second-order valence-corrected chi connectivity index (χ2v) is 3.83. The maximum absolute atomic E-state index is 13.6. The summed E-state index contributed by atoms with van der Waals surface area (Å²) >= 11 is 0. The standard InChI is InChI=1S/C13H14FNO4/c1-2-19-13(18)12(17)11(16)9-7-8(5-6-15)3-4-10(9)14/h3-4,7,11-12,16-17H,2,5H2,1H3. The van der Waals surface area contributed by atoms with Crippen molar-refractivity contribution in [3.63, 3.8) is 0 Å². The van der Waals surface area contributed by atoms with Gasteiger partial charge in [-0.1, -0.05) is 6.07 Å². The molecule has 0 fully saturated rings. The quantitative estimate of drug-likeness (QED) is 0.772. The van der Waals surface area contributed by atoms with Gasteiger partial charge in [-0.05, 0) is 24.6 Å². The van der Waals surface area contributed by atoms with Crippen molar-refractivity contribution >= 4 is 5.97 Å². The minimum atomic E-state index is -1.87. The van der Waals surface area contributed by atoms with Gasteiger partial charge in [-0.25, -0.2) is 9.18 Å². The van der Waals surface area contributed by atoms with Crippen molar-refractivity contribution in [1.82, 2.24) is 0 Å². The van der Waals surface area contributed by atoms with Gasteiger partial charge in [-0.3, -0.25) is 0 Å². The minimum Gasteiger partial charge on any atom is -0.464 e. The monoisotopic (exact) mass is 267 g/mol. The van der Waals surface area contributed by atoms with E-state index in [9.17, 15) is 19.4 Å². The van der Waals surface area contributed by atoms with Crippen LogP contribution in [0.15, 0.2) is 18.2 Å². The summed E-state index contributed by atoms with van der Waals surface area (Å²) in [6, 6.07) is 5.59. The summed E-state index contributed by atoms with van der Waals surface area (Å²) in [5, 5.41) is 27.9. The molecule has 0 heterocycles. The second-order valence-electron chi connectivity index (χ2n) is 3.83. The van der Waals surface area contributed by atoms with Gasteiger partial charge in [0.15, 0.2) is 6.10 Å². The molecule has 0 aliphatic carbocycles. The Morgan fingerprint density at radius 1 is 1.53 bits per heavy atom. The summed E-state index contributed by atoms with van der Waals surface area (Å²) in [6.45, 7) is 1.59. The molecule has 0 aliphatic rings. The van der Waals surface area contributed by atoms with Crippen molar-refractivity contribution in [2.24, 2.45) is 0 Å². The number of hydrogen-bond donors (Lipinski definition) is 2.